The van der Waals surface area contributed by atoms with Crippen LogP contribution in [-0.2, 0) is 9.59 Å². The van der Waals surface area contributed by atoms with E-state index in [9.17, 15) is 9.59 Å². The zero-order valence-corrected chi connectivity index (χ0v) is 9.55. The summed E-state index contributed by atoms with van der Waals surface area (Å²) in [7, 11) is 0. The first-order valence-electron chi connectivity index (χ1n) is 5.45. The van der Waals surface area contributed by atoms with Crippen LogP contribution in [0.15, 0.2) is 29.4 Å². The molecule has 1 aliphatic heterocycles. The number of nitrogens with zero attached hydrogens (tertiary/aromatic N) is 1. The molecule has 0 fully saturated rings. The van der Waals surface area contributed by atoms with Gasteiger partial charge >= 0.3 is 5.97 Å². The summed E-state index contributed by atoms with van der Waals surface area (Å²) in [5.74, 6) is -0.611. The molecular weight excluding hydrogens is 236 g/mol. The van der Waals surface area contributed by atoms with E-state index in [1.807, 2.05) is 0 Å². The van der Waals surface area contributed by atoms with Gasteiger partial charge in [-0.05, 0) is 29.8 Å². The lowest BCUT2D eigenvalue weighted by Crippen LogP contribution is -2.25. The summed E-state index contributed by atoms with van der Waals surface area (Å²) >= 11 is 0. The van der Waals surface area contributed by atoms with Gasteiger partial charge in [0.1, 0.15) is 5.75 Å². The van der Waals surface area contributed by atoms with E-state index < -0.39 is 5.97 Å². The second-order valence-electron chi connectivity index (χ2n) is 3.80. The number of hydrogen-bond acceptors (Lipinski definition) is 4. The summed E-state index contributed by atoms with van der Waals surface area (Å²) in [5, 5.41) is 12.4. The van der Waals surface area contributed by atoms with Crippen molar-refractivity contribution in [2.24, 2.45) is 5.10 Å². The highest BCUT2D eigenvalue weighted by Crippen LogP contribution is 2.15. The Morgan fingerprint density at radius 1 is 1.33 bits per heavy atom. The molecule has 1 heterocycles. The Morgan fingerprint density at radius 3 is 2.61 bits per heavy atom. The van der Waals surface area contributed by atoms with Crippen molar-refractivity contribution in [3.05, 3.63) is 29.8 Å². The summed E-state index contributed by atoms with van der Waals surface area (Å²) < 4.78 is 5.02. The average Bonchev–Trinajstić information content (AvgIpc) is 2.38. The highest BCUT2D eigenvalue weighted by Gasteiger charge is 2.13. The number of hydrazone groups is 1. The van der Waals surface area contributed by atoms with E-state index in [0.29, 0.717) is 18.6 Å². The van der Waals surface area contributed by atoms with Crippen molar-refractivity contribution in [1.82, 2.24) is 5.43 Å². The summed E-state index contributed by atoms with van der Waals surface area (Å²) in [5.41, 5.74) is 4.12. The molecule has 1 aromatic carbocycles. The van der Waals surface area contributed by atoms with Crippen molar-refractivity contribution in [3.8, 4) is 5.75 Å². The van der Waals surface area contributed by atoms with Gasteiger partial charge in [0.05, 0.1) is 5.71 Å². The molecule has 6 nitrogen and oxygen atoms in total. The number of carboxylic acids is 1. The molecule has 94 valence electrons. The number of aliphatic carboxylic acids is 1. The Morgan fingerprint density at radius 2 is 2.06 bits per heavy atom. The van der Waals surface area contributed by atoms with Gasteiger partial charge in [-0.2, -0.15) is 5.10 Å². The van der Waals surface area contributed by atoms with Gasteiger partial charge < -0.3 is 9.84 Å². The number of carbonyl (C=O) groups is 2. The third-order valence-corrected chi connectivity index (χ3v) is 2.45. The molecule has 0 bridgehead atoms. The van der Waals surface area contributed by atoms with Crippen molar-refractivity contribution in [2.45, 2.75) is 12.8 Å². The lowest BCUT2D eigenvalue weighted by atomic mass is 10.0. The highest BCUT2D eigenvalue weighted by atomic mass is 16.5. The van der Waals surface area contributed by atoms with E-state index >= 15 is 0 Å². The first kappa shape index (κ1) is 12.1. The van der Waals surface area contributed by atoms with E-state index in [-0.39, 0.29) is 12.5 Å². The monoisotopic (exact) mass is 248 g/mol. The lowest BCUT2D eigenvalue weighted by Gasteiger charge is -2.12. The number of carbonyl (C=O) groups excluding carboxylic acids is 1. The standard InChI is InChI=1S/C12H12N2O4/c15-11-6-5-10(13-14-11)8-1-3-9(4-2-8)18-7-12(16)17/h1-4H,5-7H2,(H,14,15)(H,16,17). The summed E-state index contributed by atoms with van der Waals surface area (Å²) in [4.78, 5) is 21.3. The maximum absolute atomic E-state index is 10.9. The van der Waals surface area contributed by atoms with Gasteiger partial charge in [-0.3, -0.25) is 4.79 Å². The van der Waals surface area contributed by atoms with Crippen LogP contribution in [0.2, 0.25) is 0 Å². The van der Waals surface area contributed by atoms with Crippen LogP contribution in [0.1, 0.15) is 18.4 Å². The van der Waals surface area contributed by atoms with Gasteiger partial charge in [-0.1, -0.05) is 0 Å². The van der Waals surface area contributed by atoms with Crippen molar-refractivity contribution >= 4 is 17.6 Å². The minimum Gasteiger partial charge on any atom is -0.482 e. The van der Waals surface area contributed by atoms with Crippen LogP contribution in [0.5, 0.6) is 5.75 Å². The molecule has 0 aliphatic carbocycles. The smallest absolute Gasteiger partial charge is 0.341 e. The van der Waals surface area contributed by atoms with Gasteiger partial charge in [-0.15, -0.1) is 0 Å². The van der Waals surface area contributed by atoms with Crippen LogP contribution in [0, 0.1) is 0 Å². The van der Waals surface area contributed by atoms with Crippen LogP contribution in [-0.4, -0.2) is 29.3 Å². The second-order valence-corrected chi connectivity index (χ2v) is 3.80. The largest absolute Gasteiger partial charge is 0.482 e. The Bertz CT molecular complexity index is 493. The van der Waals surface area contributed by atoms with Gasteiger partial charge in [0, 0.05) is 12.8 Å². The number of ether oxygens (including phenoxy) is 1. The molecule has 6 heteroatoms. The molecule has 0 unspecified atom stereocenters. The Labute approximate surface area is 103 Å². The van der Waals surface area contributed by atoms with E-state index in [2.05, 4.69) is 10.5 Å². The summed E-state index contributed by atoms with van der Waals surface area (Å²) in [6.45, 7) is -0.365. The molecule has 0 atom stereocenters. The van der Waals surface area contributed by atoms with Crippen molar-refractivity contribution < 1.29 is 19.4 Å². The van der Waals surface area contributed by atoms with E-state index in [4.69, 9.17) is 9.84 Å². The Balaban J connectivity index is 2.03. The molecule has 0 spiro atoms. The quantitative estimate of drug-likeness (QED) is 0.823. The number of amides is 1. The van der Waals surface area contributed by atoms with Crippen molar-refractivity contribution in [2.75, 3.05) is 6.61 Å². The molecule has 0 aromatic heterocycles. The predicted octanol–water partition coefficient (Wildman–Crippen LogP) is 0.764. The molecule has 2 N–H and O–H groups in total. The minimum absolute atomic E-state index is 0.0832. The molecular formula is C12H12N2O4. The van der Waals surface area contributed by atoms with Gasteiger partial charge in [0.15, 0.2) is 6.61 Å². The minimum atomic E-state index is -1.02. The number of benzene rings is 1. The number of rotatable bonds is 4. The highest BCUT2D eigenvalue weighted by molar-refractivity contribution is 6.04. The first-order chi connectivity index (χ1) is 8.65. The topological polar surface area (TPSA) is 88.0 Å². The van der Waals surface area contributed by atoms with E-state index in [0.717, 1.165) is 11.3 Å². The van der Waals surface area contributed by atoms with E-state index in [1.165, 1.54) is 0 Å². The van der Waals surface area contributed by atoms with Gasteiger partial charge in [0.2, 0.25) is 5.91 Å². The molecule has 1 aliphatic rings. The average molecular weight is 248 g/mol. The van der Waals surface area contributed by atoms with Crippen LogP contribution >= 0.6 is 0 Å². The molecule has 2 rings (SSSR count). The third-order valence-electron chi connectivity index (χ3n) is 2.45. The van der Waals surface area contributed by atoms with Crippen molar-refractivity contribution in [3.63, 3.8) is 0 Å². The Hall–Kier alpha value is -2.37. The predicted molar refractivity (Wildman–Crippen MR) is 63.5 cm³/mol. The van der Waals surface area contributed by atoms with Crippen LogP contribution in [0.3, 0.4) is 0 Å². The maximum Gasteiger partial charge on any atom is 0.341 e. The Kier molecular flexibility index (Phi) is 3.57. The molecule has 0 radical (unpaired) electrons. The van der Waals surface area contributed by atoms with Gasteiger partial charge in [-0.25, -0.2) is 10.2 Å². The van der Waals surface area contributed by atoms with Gasteiger partial charge in [0.25, 0.3) is 0 Å². The maximum atomic E-state index is 10.9. The molecule has 0 saturated heterocycles. The fourth-order valence-corrected chi connectivity index (χ4v) is 1.57. The first-order valence-corrected chi connectivity index (χ1v) is 5.45. The number of hydrogen-bond donors (Lipinski definition) is 2. The lowest BCUT2D eigenvalue weighted by molar-refractivity contribution is -0.139. The fourth-order valence-electron chi connectivity index (χ4n) is 1.57. The zero-order valence-electron chi connectivity index (χ0n) is 9.55. The third kappa shape index (κ3) is 3.07. The molecule has 18 heavy (non-hydrogen) atoms. The van der Waals surface area contributed by atoms with Crippen LogP contribution in [0.25, 0.3) is 0 Å². The molecule has 1 aromatic rings. The molecule has 1 amide bonds. The van der Waals surface area contributed by atoms with Crippen molar-refractivity contribution in [1.29, 1.82) is 0 Å². The fraction of sp³-hybridized carbons (Fsp3) is 0.250. The molecule has 0 saturated carbocycles. The normalized spacial score (nSPS) is 14.7. The number of carboxylic acid groups (broad SMARTS) is 1. The SMILES string of the molecule is O=C(O)COc1ccc(C2=NNC(=O)CC2)cc1. The zero-order chi connectivity index (χ0) is 13.0. The van der Waals surface area contributed by atoms with E-state index in [1.54, 1.807) is 24.3 Å². The second kappa shape index (κ2) is 5.31. The summed E-state index contributed by atoms with van der Waals surface area (Å²) in [6, 6.07) is 6.93. The number of nitrogens with one attached hydrogen (secondary N) is 1. The van der Waals surface area contributed by atoms with Crippen LogP contribution in [0.4, 0.5) is 0 Å². The van der Waals surface area contributed by atoms with Crippen LogP contribution < -0.4 is 10.2 Å². The summed E-state index contributed by atoms with van der Waals surface area (Å²) in [6.07, 6.45) is 1.03.